The van der Waals surface area contributed by atoms with Crippen LogP contribution in [0.2, 0.25) is 0 Å². The van der Waals surface area contributed by atoms with E-state index in [1.165, 1.54) is 29.3 Å². The number of likely N-dealkylation sites (N-methyl/N-ethyl adjacent to an activating group) is 1. The minimum atomic E-state index is 0.121. The van der Waals surface area contributed by atoms with Gasteiger partial charge >= 0.3 is 0 Å². The molecule has 1 aliphatic carbocycles. The third-order valence-electron chi connectivity index (χ3n) is 4.15. The van der Waals surface area contributed by atoms with Gasteiger partial charge in [-0.25, -0.2) is 0 Å². The van der Waals surface area contributed by atoms with Crippen LogP contribution in [-0.4, -0.2) is 24.0 Å². The smallest absolute Gasteiger partial charge is 0.0306 e. The molecule has 1 fully saturated rings. The van der Waals surface area contributed by atoms with Crippen LogP contribution in [0.3, 0.4) is 0 Å². The maximum Gasteiger partial charge on any atom is 0.0306 e. The highest BCUT2D eigenvalue weighted by Gasteiger charge is 2.35. The molecule has 0 aliphatic heterocycles. The largest absolute Gasteiger partial charge is 0.329 e. The average molecular weight is 311 g/mol. The van der Waals surface area contributed by atoms with Crippen molar-refractivity contribution >= 4 is 15.9 Å². The lowest BCUT2D eigenvalue weighted by molar-refractivity contribution is 0.119. The standard InChI is InChI=1S/C15H23BrN2/c1-15(11-17,9-12-7-8-12)18(2)10-13-5-3-4-6-14(13)16/h3-6,12H,7-11,17H2,1-2H3. The minimum absolute atomic E-state index is 0.121. The molecule has 0 spiro atoms. The number of nitrogens with two attached hydrogens (primary N) is 1. The van der Waals surface area contributed by atoms with Crippen LogP contribution >= 0.6 is 15.9 Å². The second kappa shape index (κ2) is 5.72. The summed E-state index contributed by atoms with van der Waals surface area (Å²) in [7, 11) is 2.19. The van der Waals surface area contributed by atoms with Gasteiger partial charge in [0.15, 0.2) is 0 Å². The van der Waals surface area contributed by atoms with Crippen LogP contribution < -0.4 is 5.73 Å². The van der Waals surface area contributed by atoms with E-state index in [1.807, 2.05) is 0 Å². The number of hydrogen-bond donors (Lipinski definition) is 1. The summed E-state index contributed by atoms with van der Waals surface area (Å²) in [5.41, 5.74) is 7.47. The third kappa shape index (κ3) is 3.34. The molecule has 100 valence electrons. The van der Waals surface area contributed by atoms with E-state index in [4.69, 9.17) is 5.73 Å². The number of rotatable bonds is 6. The Hall–Kier alpha value is -0.380. The van der Waals surface area contributed by atoms with E-state index in [9.17, 15) is 0 Å². The molecule has 0 saturated heterocycles. The first-order valence-electron chi connectivity index (χ1n) is 6.70. The second-order valence-corrected chi connectivity index (χ2v) is 6.65. The molecule has 18 heavy (non-hydrogen) atoms. The summed E-state index contributed by atoms with van der Waals surface area (Å²) < 4.78 is 1.18. The van der Waals surface area contributed by atoms with E-state index in [0.29, 0.717) is 0 Å². The zero-order chi connectivity index (χ0) is 13.2. The number of hydrogen-bond acceptors (Lipinski definition) is 2. The summed E-state index contributed by atoms with van der Waals surface area (Å²) in [5.74, 6) is 0.903. The van der Waals surface area contributed by atoms with Gasteiger partial charge in [0.05, 0.1) is 0 Å². The van der Waals surface area contributed by atoms with Crippen molar-refractivity contribution in [1.29, 1.82) is 0 Å². The molecule has 1 aromatic rings. The molecule has 1 aromatic carbocycles. The maximum atomic E-state index is 6.02. The molecule has 0 bridgehead atoms. The van der Waals surface area contributed by atoms with Gasteiger partial charge in [-0.15, -0.1) is 0 Å². The van der Waals surface area contributed by atoms with Gasteiger partial charge in [-0.05, 0) is 37.9 Å². The van der Waals surface area contributed by atoms with Gasteiger partial charge in [0.2, 0.25) is 0 Å². The van der Waals surface area contributed by atoms with Crippen molar-refractivity contribution in [3.8, 4) is 0 Å². The quantitative estimate of drug-likeness (QED) is 0.872. The predicted molar refractivity (Wildman–Crippen MR) is 80.4 cm³/mol. The highest BCUT2D eigenvalue weighted by Crippen LogP contribution is 2.38. The lowest BCUT2D eigenvalue weighted by atomic mass is 9.92. The van der Waals surface area contributed by atoms with E-state index in [2.05, 4.69) is 59.1 Å². The molecule has 2 N–H and O–H groups in total. The Morgan fingerprint density at radius 1 is 1.39 bits per heavy atom. The summed E-state index contributed by atoms with van der Waals surface area (Å²) in [4.78, 5) is 2.41. The van der Waals surface area contributed by atoms with Crippen LogP contribution in [0, 0.1) is 5.92 Å². The SMILES string of the molecule is CN(Cc1ccccc1Br)C(C)(CN)CC1CC1. The zero-order valence-corrected chi connectivity index (χ0v) is 12.9. The van der Waals surface area contributed by atoms with E-state index in [1.54, 1.807) is 0 Å². The summed E-state index contributed by atoms with van der Waals surface area (Å²) in [6.07, 6.45) is 4.00. The Morgan fingerprint density at radius 3 is 2.61 bits per heavy atom. The van der Waals surface area contributed by atoms with Gasteiger partial charge in [-0.1, -0.05) is 47.0 Å². The van der Waals surface area contributed by atoms with Crippen LogP contribution in [0.4, 0.5) is 0 Å². The van der Waals surface area contributed by atoms with Crippen molar-refractivity contribution in [3.05, 3.63) is 34.3 Å². The van der Waals surface area contributed by atoms with Gasteiger partial charge in [-0.2, -0.15) is 0 Å². The van der Waals surface area contributed by atoms with Crippen LogP contribution in [0.15, 0.2) is 28.7 Å². The molecular formula is C15H23BrN2. The lowest BCUT2D eigenvalue weighted by Crippen LogP contribution is -2.49. The van der Waals surface area contributed by atoms with E-state index in [0.717, 1.165) is 19.0 Å². The van der Waals surface area contributed by atoms with E-state index >= 15 is 0 Å². The Kier molecular flexibility index (Phi) is 4.46. The number of benzene rings is 1. The van der Waals surface area contributed by atoms with Crippen LogP contribution in [-0.2, 0) is 6.54 Å². The molecule has 3 heteroatoms. The highest BCUT2D eigenvalue weighted by molar-refractivity contribution is 9.10. The maximum absolute atomic E-state index is 6.02. The van der Waals surface area contributed by atoms with Crippen molar-refractivity contribution < 1.29 is 0 Å². The summed E-state index contributed by atoms with van der Waals surface area (Å²) in [5, 5.41) is 0. The average Bonchev–Trinajstić information content (AvgIpc) is 3.15. The Labute approximate surface area is 119 Å². The van der Waals surface area contributed by atoms with Crippen LogP contribution in [0.1, 0.15) is 31.7 Å². The normalized spacial score (nSPS) is 18.9. The molecule has 2 rings (SSSR count). The first-order valence-corrected chi connectivity index (χ1v) is 7.49. The first-order chi connectivity index (χ1) is 8.55. The fraction of sp³-hybridized carbons (Fsp3) is 0.600. The van der Waals surface area contributed by atoms with Crippen molar-refractivity contribution in [3.63, 3.8) is 0 Å². The molecule has 1 atom stereocenters. The third-order valence-corrected chi connectivity index (χ3v) is 4.93. The van der Waals surface area contributed by atoms with Gasteiger partial charge in [-0.3, -0.25) is 4.90 Å². The minimum Gasteiger partial charge on any atom is -0.329 e. The number of halogens is 1. The van der Waals surface area contributed by atoms with Gasteiger partial charge in [0.1, 0.15) is 0 Å². The molecule has 1 aliphatic rings. The summed E-state index contributed by atoms with van der Waals surface area (Å²) >= 11 is 3.62. The van der Waals surface area contributed by atoms with Gasteiger partial charge < -0.3 is 5.73 Å². The monoisotopic (exact) mass is 310 g/mol. The van der Waals surface area contributed by atoms with Crippen molar-refractivity contribution in [2.24, 2.45) is 11.7 Å². The predicted octanol–water partition coefficient (Wildman–Crippen LogP) is 3.40. The van der Waals surface area contributed by atoms with Gasteiger partial charge in [0, 0.05) is 23.1 Å². The van der Waals surface area contributed by atoms with Crippen LogP contribution in [0.25, 0.3) is 0 Å². The Morgan fingerprint density at radius 2 is 2.06 bits per heavy atom. The van der Waals surface area contributed by atoms with Crippen molar-refractivity contribution in [2.75, 3.05) is 13.6 Å². The summed E-state index contributed by atoms with van der Waals surface area (Å²) in [6, 6.07) is 8.42. The Bertz CT molecular complexity index is 403. The topological polar surface area (TPSA) is 29.3 Å². The van der Waals surface area contributed by atoms with E-state index in [-0.39, 0.29) is 5.54 Å². The molecule has 0 amide bonds. The second-order valence-electron chi connectivity index (χ2n) is 5.80. The molecule has 1 unspecified atom stereocenters. The van der Waals surface area contributed by atoms with Gasteiger partial charge in [0.25, 0.3) is 0 Å². The number of nitrogens with zero attached hydrogens (tertiary/aromatic N) is 1. The van der Waals surface area contributed by atoms with Crippen molar-refractivity contribution in [2.45, 2.75) is 38.3 Å². The molecule has 1 saturated carbocycles. The van der Waals surface area contributed by atoms with E-state index < -0.39 is 0 Å². The fourth-order valence-electron chi connectivity index (χ4n) is 2.41. The molecule has 0 heterocycles. The first kappa shape index (κ1) is 14.0. The fourth-order valence-corrected chi connectivity index (χ4v) is 2.82. The highest BCUT2D eigenvalue weighted by atomic mass is 79.9. The lowest BCUT2D eigenvalue weighted by Gasteiger charge is -2.38. The Balaban J connectivity index is 2.04. The molecular weight excluding hydrogens is 288 g/mol. The molecule has 2 nitrogen and oxygen atoms in total. The zero-order valence-electron chi connectivity index (χ0n) is 11.3. The van der Waals surface area contributed by atoms with Crippen LogP contribution in [0.5, 0.6) is 0 Å². The molecule has 0 radical (unpaired) electrons. The molecule has 0 aromatic heterocycles. The van der Waals surface area contributed by atoms with Crippen molar-refractivity contribution in [1.82, 2.24) is 4.90 Å². The summed E-state index contributed by atoms with van der Waals surface area (Å²) in [6.45, 7) is 3.97.